The van der Waals surface area contributed by atoms with Gasteiger partial charge in [-0.05, 0) is 12.1 Å². The predicted octanol–water partition coefficient (Wildman–Crippen LogP) is 4.30. The van der Waals surface area contributed by atoms with Gasteiger partial charge in [-0.15, -0.1) is 0 Å². The maximum atomic E-state index is 14.2. The number of carbonyl (C=O) groups excluding carboxylic acids is 1. The first-order chi connectivity index (χ1) is 12.8. The topological polar surface area (TPSA) is 63.2 Å². The molecule has 1 amide bonds. The number of sulfonamides is 1. The Morgan fingerprint density at radius 2 is 1.39 bits per heavy atom. The highest BCUT2D eigenvalue weighted by molar-refractivity contribution is 7.90. The minimum atomic E-state index is -4.74. The van der Waals surface area contributed by atoms with Gasteiger partial charge in [-0.3, -0.25) is 4.79 Å². The molecule has 0 aliphatic rings. The van der Waals surface area contributed by atoms with E-state index in [9.17, 15) is 39.6 Å². The van der Waals surface area contributed by atoms with Crippen LogP contribution < -0.4 is 4.72 Å². The summed E-state index contributed by atoms with van der Waals surface area (Å²) in [5.41, 5.74) is -2.94. The van der Waals surface area contributed by atoms with E-state index >= 15 is 0 Å². The van der Waals surface area contributed by atoms with Crippen LogP contribution in [0.3, 0.4) is 0 Å². The highest BCUT2D eigenvalue weighted by Crippen LogP contribution is 2.36. The van der Waals surface area contributed by atoms with Crippen molar-refractivity contribution >= 4 is 27.5 Å². The number of amides is 1. The van der Waals surface area contributed by atoms with Crippen LogP contribution in [0.2, 0.25) is 5.02 Å². The number of hydrogen-bond acceptors (Lipinski definition) is 3. The third kappa shape index (κ3) is 3.81. The van der Waals surface area contributed by atoms with Crippen molar-refractivity contribution in [1.82, 2.24) is 4.72 Å². The maximum absolute atomic E-state index is 14.2. The van der Waals surface area contributed by atoms with Crippen molar-refractivity contribution in [2.75, 3.05) is 0 Å². The van der Waals surface area contributed by atoms with Gasteiger partial charge in [0.25, 0.3) is 10.0 Å². The summed E-state index contributed by atoms with van der Waals surface area (Å²) >= 11 is 5.64. The van der Waals surface area contributed by atoms with Crippen LogP contribution in [0.1, 0.15) is 13.8 Å². The highest BCUT2D eigenvalue weighted by Gasteiger charge is 2.30. The normalized spacial score (nSPS) is 11.8. The minimum absolute atomic E-state index is 0.270. The Morgan fingerprint density at radius 3 is 1.86 bits per heavy atom. The third-order valence-corrected chi connectivity index (χ3v) is 5.36. The first kappa shape index (κ1) is 22.0. The van der Waals surface area contributed by atoms with Crippen LogP contribution >= 0.6 is 11.6 Å². The minimum Gasteiger partial charge on any atom is -0.274 e. The molecule has 1 N–H and O–H groups in total. The Hall–Kier alpha value is -2.27. The van der Waals surface area contributed by atoms with Crippen LogP contribution in [0.5, 0.6) is 0 Å². The average molecular weight is 446 g/mol. The summed E-state index contributed by atoms with van der Waals surface area (Å²) in [6.45, 7) is 2.72. The van der Waals surface area contributed by atoms with E-state index in [0.717, 1.165) is 0 Å². The van der Waals surface area contributed by atoms with Crippen molar-refractivity contribution in [3.63, 3.8) is 0 Å². The van der Waals surface area contributed by atoms with Crippen LogP contribution in [-0.4, -0.2) is 14.3 Å². The molecule has 28 heavy (non-hydrogen) atoms. The Kier molecular flexibility index (Phi) is 6.00. The summed E-state index contributed by atoms with van der Waals surface area (Å²) in [6.07, 6.45) is 0. The van der Waals surface area contributed by atoms with Crippen LogP contribution in [0.15, 0.2) is 17.0 Å². The van der Waals surface area contributed by atoms with Gasteiger partial charge >= 0.3 is 0 Å². The lowest BCUT2D eigenvalue weighted by Crippen LogP contribution is -2.33. The molecule has 0 bridgehead atoms. The number of benzene rings is 2. The van der Waals surface area contributed by atoms with Crippen molar-refractivity contribution in [3.05, 3.63) is 52.1 Å². The van der Waals surface area contributed by atoms with Crippen LogP contribution in [-0.2, 0) is 14.8 Å². The molecular formula is C16H10ClF6NO3S. The molecule has 0 saturated carbocycles. The molecule has 0 fully saturated rings. The Balaban J connectivity index is 2.78. The van der Waals surface area contributed by atoms with Gasteiger partial charge in [-0.2, -0.15) is 0 Å². The molecule has 2 aromatic rings. The fourth-order valence-corrected chi connectivity index (χ4v) is 3.73. The van der Waals surface area contributed by atoms with E-state index in [-0.39, 0.29) is 6.07 Å². The van der Waals surface area contributed by atoms with Crippen molar-refractivity contribution in [2.45, 2.75) is 18.7 Å². The Morgan fingerprint density at radius 1 is 0.929 bits per heavy atom. The van der Waals surface area contributed by atoms with Gasteiger partial charge in [0.05, 0.1) is 10.6 Å². The van der Waals surface area contributed by atoms with E-state index in [0.29, 0.717) is 6.07 Å². The zero-order valence-corrected chi connectivity index (χ0v) is 15.6. The number of halogens is 7. The quantitative estimate of drug-likeness (QED) is 0.433. The number of carbonyl (C=O) groups is 1. The molecule has 4 nitrogen and oxygen atoms in total. The van der Waals surface area contributed by atoms with E-state index in [1.54, 1.807) is 4.72 Å². The lowest BCUT2D eigenvalue weighted by Gasteiger charge is -2.14. The molecule has 2 aromatic carbocycles. The molecule has 0 unspecified atom stereocenters. The van der Waals surface area contributed by atoms with Crippen molar-refractivity contribution in [3.8, 4) is 11.1 Å². The zero-order valence-electron chi connectivity index (χ0n) is 14.0. The lowest BCUT2D eigenvalue weighted by molar-refractivity contribution is -0.122. The monoisotopic (exact) mass is 445 g/mol. The van der Waals surface area contributed by atoms with Gasteiger partial charge in [-0.25, -0.2) is 39.5 Å². The fourth-order valence-electron chi connectivity index (χ4n) is 2.07. The standard InChI is InChI=1S/C16H10ClF6NO3S/c1-5(2)16(25)24-28(26,27)9-3-6(8(18)4-7(9)17)10-11(19)13(21)15(23)14(22)12(10)20/h3-5H,1-2H3,(H,24,25). The largest absolute Gasteiger partial charge is 0.274 e. The van der Waals surface area contributed by atoms with E-state index in [4.69, 9.17) is 11.6 Å². The molecule has 0 aliphatic carbocycles. The summed E-state index contributed by atoms with van der Waals surface area (Å²) in [5.74, 6) is -15.2. The summed E-state index contributed by atoms with van der Waals surface area (Å²) in [5, 5.41) is -0.783. The molecular weight excluding hydrogens is 436 g/mol. The number of nitrogens with one attached hydrogen (secondary N) is 1. The first-order valence-electron chi connectivity index (χ1n) is 7.37. The van der Waals surface area contributed by atoms with Gasteiger partial charge in [0.2, 0.25) is 11.7 Å². The Labute approximate surface area is 160 Å². The molecule has 0 heterocycles. The molecule has 2 rings (SSSR count). The van der Waals surface area contributed by atoms with Crippen molar-refractivity contribution < 1.29 is 39.6 Å². The summed E-state index contributed by atoms with van der Waals surface area (Å²) < 4.78 is 108. The fraction of sp³-hybridized carbons (Fsp3) is 0.188. The maximum Gasteiger partial charge on any atom is 0.265 e. The number of hydrogen-bond donors (Lipinski definition) is 1. The van der Waals surface area contributed by atoms with Gasteiger partial charge < -0.3 is 0 Å². The van der Waals surface area contributed by atoms with E-state index in [2.05, 4.69) is 0 Å². The second kappa shape index (κ2) is 7.63. The number of rotatable bonds is 4. The molecule has 0 aromatic heterocycles. The smallest absolute Gasteiger partial charge is 0.265 e. The summed E-state index contributed by atoms with van der Waals surface area (Å²) in [4.78, 5) is 10.6. The molecule has 152 valence electrons. The molecule has 0 radical (unpaired) electrons. The molecule has 0 atom stereocenters. The van der Waals surface area contributed by atoms with Gasteiger partial charge in [0.1, 0.15) is 10.7 Å². The molecule has 0 aliphatic heterocycles. The van der Waals surface area contributed by atoms with Gasteiger partial charge in [0, 0.05) is 11.5 Å². The average Bonchev–Trinajstić information content (AvgIpc) is 2.59. The first-order valence-corrected chi connectivity index (χ1v) is 9.23. The summed E-state index contributed by atoms with van der Waals surface area (Å²) in [6, 6.07) is 0.579. The van der Waals surface area contributed by atoms with Crippen molar-refractivity contribution in [2.24, 2.45) is 5.92 Å². The highest BCUT2D eigenvalue weighted by atomic mass is 35.5. The lowest BCUT2D eigenvalue weighted by atomic mass is 10.0. The van der Waals surface area contributed by atoms with E-state index < -0.39 is 77.8 Å². The van der Waals surface area contributed by atoms with Gasteiger partial charge in [-0.1, -0.05) is 25.4 Å². The summed E-state index contributed by atoms with van der Waals surface area (Å²) in [7, 11) is -4.74. The van der Waals surface area contributed by atoms with Crippen LogP contribution in [0, 0.1) is 40.8 Å². The van der Waals surface area contributed by atoms with E-state index in [1.165, 1.54) is 13.8 Å². The van der Waals surface area contributed by atoms with Crippen LogP contribution in [0.25, 0.3) is 11.1 Å². The van der Waals surface area contributed by atoms with Crippen molar-refractivity contribution in [1.29, 1.82) is 0 Å². The molecule has 0 saturated heterocycles. The molecule has 0 spiro atoms. The van der Waals surface area contributed by atoms with Gasteiger partial charge in [0.15, 0.2) is 23.3 Å². The van der Waals surface area contributed by atoms with Crippen LogP contribution in [0.4, 0.5) is 26.3 Å². The second-order valence-corrected chi connectivity index (χ2v) is 7.89. The third-order valence-electron chi connectivity index (χ3n) is 3.55. The SMILES string of the molecule is CC(C)C(=O)NS(=O)(=O)c1cc(-c2c(F)c(F)c(F)c(F)c2F)c(F)cc1Cl. The molecule has 12 heteroatoms. The zero-order chi connectivity index (χ0) is 21.5. The van der Waals surface area contributed by atoms with E-state index in [1.807, 2.05) is 0 Å². The Bertz CT molecular complexity index is 1060. The predicted molar refractivity (Wildman–Crippen MR) is 86.8 cm³/mol. The second-order valence-electron chi connectivity index (χ2n) is 5.83.